The Labute approximate surface area is 221 Å². The number of amides is 2. The number of hydrogen-bond donors (Lipinski definition) is 2. The Kier molecular flexibility index (Phi) is 7.92. The molecule has 3 aliphatic rings. The number of para-hydroxylation sites is 1. The normalized spacial score (nSPS) is 25.5. The first kappa shape index (κ1) is 26.1. The molecule has 2 aromatic rings. The third kappa shape index (κ3) is 5.38. The van der Waals surface area contributed by atoms with Crippen LogP contribution in [0.25, 0.3) is 6.08 Å². The maximum Gasteiger partial charge on any atom is 0.330 e. The lowest BCUT2D eigenvalue weighted by Crippen LogP contribution is -2.55. The summed E-state index contributed by atoms with van der Waals surface area (Å²) in [7, 11) is 0. The average Bonchev–Trinajstić information content (AvgIpc) is 3.63. The number of aliphatic hydroxyl groups is 1. The van der Waals surface area contributed by atoms with Crippen LogP contribution in [-0.4, -0.2) is 63.8 Å². The molecule has 1 saturated carbocycles. The molecule has 202 valence electrons. The van der Waals surface area contributed by atoms with Crippen LogP contribution in [-0.2, 0) is 25.5 Å². The van der Waals surface area contributed by atoms with E-state index in [1.54, 1.807) is 47.4 Å². The number of carbonyl (C=O) groups excluding carboxylic acids is 3. The predicted octanol–water partition coefficient (Wildman–Crippen LogP) is 2.57. The van der Waals surface area contributed by atoms with Crippen molar-refractivity contribution in [3.05, 3.63) is 60.1 Å². The molecule has 0 spiro atoms. The Balaban J connectivity index is 1.56. The number of furan rings is 1. The van der Waals surface area contributed by atoms with Gasteiger partial charge in [0.25, 0.3) is 5.91 Å². The monoisotopic (exact) mass is 522 g/mol. The average molecular weight is 523 g/mol. The fourth-order valence-corrected chi connectivity index (χ4v) is 5.76. The predicted molar refractivity (Wildman–Crippen MR) is 139 cm³/mol. The second-order valence-corrected chi connectivity index (χ2v) is 10.1. The van der Waals surface area contributed by atoms with Crippen molar-refractivity contribution in [2.75, 3.05) is 11.6 Å². The first-order valence-corrected chi connectivity index (χ1v) is 13.3. The van der Waals surface area contributed by atoms with Crippen molar-refractivity contribution in [2.45, 2.75) is 75.9 Å². The summed E-state index contributed by atoms with van der Waals surface area (Å²) in [5.74, 6) is 5.18. The SMILES string of the molecule is NN1C(=O)C(O)N2CCCC2OC(=O)C(N(C(=O)/C=C/c2ccco2)C2CCCCC2)Cc2ccccc21. The molecule has 3 atom stereocenters. The van der Waals surface area contributed by atoms with Gasteiger partial charge in [0.2, 0.25) is 5.91 Å². The lowest BCUT2D eigenvalue weighted by atomic mass is 9.91. The molecule has 0 bridgehead atoms. The molecule has 3 N–H and O–H groups in total. The summed E-state index contributed by atoms with van der Waals surface area (Å²) >= 11 is 0. The lowest BCUT2D eigenvalue weighted by molar-refractivity contribution is -0.177. The van der Waals surface area contributed by atoms with Gasteiger partial charge in [-0.25, -0.2) is 20.5 Å². The topological polar surface area (TPSA) is 130 Å². The zero-order valence-corrected chi connectivity index (χ0v) is 21.3. The third-order valence-electron chi connectivity index (χ3n) is 7.69. The molecule has 1 aromatic heterocycles. The minimum atomic E-state index is -1.56. The number of rotatable bonds is 4. The Morgan fingerprint density at radius 3 is 2.61 bits per heavy atom. The van der Waals surface area contributed by atoms with Crippen LogP contribution >= 0.6 is 0 Å². The Morgan fingerprint density at radius 2 is 1.84 bits per heavy atom. The highest BCUT2D eigenvalue weighted by Gasteiger charge is 2.43. The van der Waals surface area contributed by atoms with Gasteiger partial charge in [0, 0.05) is 25.1 Å². The highest BCUT2D eigenvalue weighted by molar-refractivity contribution is 5.97. The van der Waals surface area contributed by atoms with Gasteiger partial charge in [0.1, 0.15) is 11.8 Å². The van der Waals surface area contributed by atoms with Gasteiger partial charge in [-0.2, -0.15) is 0 Å². The number of carbonyl (C=O) groups is 3. The largest absolute Gasteiger partial charge is 0.465 e. The summed E-state index contributed by atoms with van der Waals surface area (Å²) in [5, 5.41) is 11.8. The van der Waals surface area contributed by atoms with E-state index in [1.165, 1.54) is 17.2 Å². The van der Waals surface area contributed by atoms with E-state index in [0.29, 0.717) is 36.4 Å². The van der Waals surface area contributed by atoms with E-state index in [2.05, 4.69) is 0 Å². The van der Waals surface area contributed by atoms with E-state index >= 15 is 0 Å². The molecule has 38 heavy (non-hydrogen) atoms. The smallest absolute Gasteiger partial charge is 0.330 e. The summed E-state index contributed by atoms with van der Waals surface area (Å²) in [6.45, 7) is 0.377. The standard InChI is InChI=1S/C28H34N4O6/c29-32-22-12-5-4-8-19(22)18-23(28(36)38-25-13-6-16-30(25)26(34)27(32)35)31(20-9-2-1-3-10-20)24(33)15-14-21-11-7-17-37-21/h4-5,7-8,11-12,14-15,17,20,23,25-26,34H,1-3,6,9-10,13,16,18,29H2/b15-14+. The summed E-state index contributed by atoms with van der Waals surface area (Å²) < 4.78 is 11.3. The molecule has 10 nitrogen and oxygen atoms in total. The Bertz CT molecular complexity index is 1180. The highest BCUT2D eigenvalue weighted by atomic mass is 16.6. The molecular formula is C28H34N4O6. The van der Waals surface area contributed by atoms with Gasteiger partial charge in [-0.1, -0.05) is 37.5 Å². The lowest BCUT2D eigenvalue weighted by Gasteiger charge is -2.39. The van der Waals surface area contributed by atoms with Crippen LogP contribution in [0.5, 0.6) is 0 Å². The first-order chi connectivity index (χ1) is 18.4. The molecule has 0 radical (unpaired) electrons. The van der Waals surface area contributed by atoms with E-state index in [-0.39, 0.29) is 18.4 Å². The molecule has 2 aliphatic heterocycles. The number of hydrazine groups is 1. The number of benzene rings is 1. The van der Waals surface area contributed by atoms with E-state index in [9.17, 15) is 19.5 Å². The van der Waals surface area contributed by atoms with Gasteiger partial charge in [0.05, 0.1) is 12.0 Å². The molecular weight excluding hydrogens is 488 g/mol. The number of esters is 1. The molecule has 5 rings (SSSR count). The first-order valence-electron chi connectivity index (χ1n) is 13.3. The van der Waals surface area contributed by atoms with E-state index < -0.39 is 30.4 Å². The van der Waals surface area contributed by atoms with Crippen LogP contribution in [0, 0.1) is 0 Å². The van der Waals surface area contributed by atoms with Crippen molar-refractivity contribution in [2.24, 2.45) is 5.84 Å². The van der Waals surface area contributed by atoms with Gasteiger partial charge >= 0.3 is 5.97 Å². The van der Waals surface area contributed by atoms with Crippen molar-refractivity contribution < 1.29 is 28.6 Å². The Hall–Kier alpha value is -3.47. The fourth-order valence-electron chi connectivity index (χ4n) is 5.76. The third-order valence-corrected chi connectivity index (χ3v) is 7.69. The zero-order valence-electron chi connectivity index (χ0n) is 21.3. The molecule has 1 aliphatic carbocycles. The van der Waals surface area contributed by atoms with Crippen LogP contribution < -0.4 is 10.9 Å². The summed E-state index contributed by atoms with van der Waals surface area (Å²) in [6.07, 6.45) is 7.99. The van der Waals surface area contributed by atoms with Gasteiger partial charge < -0.3 is 19.2 Å². The second kappa shape index (κ2) is 11.5. The van der Waals surface area contributed by atoms with Gasteiger partial charge in [-0.05, 0) is 55.5 Å². The second-order valence-electron chi connectivity index (χ2n) is 10.1. The van der Waals surface area contributed by atoms with Gasteiger partial charge in [-0.3, -0.25) is 9.59 Å². The van der Waals surface area contributed by atoms with Crippen LogP contribution in [0.1, 0.15) is 56.3 Å². The molecule has 2 fully saturated rings. The number of anilines is 1. The van der Waals surface area contributed by atoms with Crippen LogP contribution in [0.3, 0.4) is 0 Å². The maximum absolute atomic E-state index is 13.9. The van der Waals surface area contributed by atoms with Crippen LogP contribution in [0.4, 0.5) is 5.69 Å². The highest BCUT2D eigenvalue weighted by Crippen LogP contribution is 2.31. The van der Waals surface area contributed by atoms with Gasteiger partial charge in [0.15, 0.2) is 12.5 Å². The van der Waals surface area contributed by atoms with Crippen molar-refractivity contribution in [1.82, 2.24) is 9.80 Å². The van der Waals surface area contributed by atoms with E-state index in [0.717, 1.165) is 37.1 Å². The minimum Gasteiger partial charge on any atom is -0.465 e. The molecule has 3 heterocycles. The molecule has 1 saturated heterocycles. The number of nitrogens with two attached hydrogens (primary N) is 1. The summed E-state index contributed by atoms with van der Waals surface area (Å²) in [4.78, 5) is 43.9. The summed E-state index contributed by atoms with van der Waals surface area (Å²) in [5.41, 5.74) is 0.970. The Morgan fingerprint density at radius 1 is 1.05 bits per heavy atom. The van der Waals surface area contributed by atoms with Crippen LogP contribution in [0.2, 0.25) is 0 Å². The van der Waals surface area contributed by atoms with E-state index in [1.807, 2.05) is 0 Å². The van der Waals surface area contributed by atoms with E-state index in [4.69, 9.17) is 15.0 Å². The number of hydrogen-bond acceptors (Lipinski definition) is 8. The van der Waals surface area contributed by atoms with Crippen molar-refractivity contribution in [3.8, 4) is 0 Å². The molecule has 2 amide bonds. The van der Waals surface area contributed by atoms with Gasteiger partial charge in [-0.15, -0.1) is 0 Å². The van der Waals surface area contributed by atoms with Crippen molar-refractivity contribution >= 4 is 29.5 Å². The molecule has 10 heteroatoms. The number of nitrogens with zero attached hydrogens (tertiary/aromatic N) is 3. The molecule has 1 aromatic carbocycles. The number of ether oxygens (including phenoxy) is 1. The quantitative estimate of drug-likeness (QED) is 0.271. The maximum atomic E-state index is 13.9. The van der Waals surface area contributed by atoms with Crippen molar-refractivity contribution in [3.63, 3.8) is 0 Å². The number of fused-ring (bicyclic) bond motifs is 2. The van der Waals surface area contributed by atoms with Crippen molar-refractivity contribution in [1.29, 1.82) is 0 Å². The minimum absolute atomic E-state index is 0.107. The zero-order chi connectivity index (χ0) is 26.6. The van der Waals surface area contributed by atoms with Crippen LogP contribution in [0.15, 0.2) is 53.2 Å². The fraction of sp³-hybridized carbons (Fsp3) is 0.464. The number of aliphatic hydroxyl groups excluding tert-OH is 1. The molecule has 3 unspecified atom stereocenters. The summed E-state index contributed by atoms with van der Waals surface area (Å²) in [6, 6.07) is 9.36.